The highest BCUT2D eigenvalue weighted by Gasteiger charge is 2.26. The lowest BCUT2D eigenvalue weighted by Gasteiger charge is -2.18. The van der Waals surface area contributed by atoms with E-state index in [-0.39, 0.29) is 30.2 Å². The number of nitrogens with zero attached hydrogens (tertiary/aromatic N) is 1. The van der Waals surface area contributed by atoms with Gasteiger partial charge in [0.15, 0.2) is 0 Å². The van der Waals surface area contributed by atoms with Crippen LogP contribution >= 0.6 is 11.3 Å². The fourth-order valence-corrected chi connectivity index (χ4v) is 4.73. The second-order valence-corrected chi connectivity index (χ2v) is 8.17. The van der Waals surface area contributed by atoms with Gasteiger partial charge in [-0.2, -0.15) is 0 Å². The first kappa shape index (κ1) is 19.7. The topological polar surface area (TPSA) is 107 Å². The van der Waals surface area contributed by atoms with Crippen LogP contribution in [-0.4, -0.2) is 38.6 Å². The molecule has 1 amide bonds. The normalized spacial score (nSPS) is 14.0. The van der Waals surface area contributed by atoms with Gasteiger partial charge in [0.05, 0.1) is 10.8 Å². The molecule has 1 aliphatic rings. The van der Waals surface area contributed by atoms with Crippen LogP contribution in [0.1, 0.15) is 29.0 Å². The molecule has 0 spiro atoms. The number of nitrogens with one attached hydrogen (secondary N) is 2. The molecule has 1 aromatic carbocycles. The van der Waals surface area contributed by atoms with E-state index in [9.17, 15) is 19.6 Å². The number of carbonyl (C=O) groups excluding carboxylic acids is 1. The SMILES string of the molecule is O=C(CCn1c2c(sc1=O)C=CCC2)NC(Cc1c[nH]c2ccccc12)B(O)O. The number of benzene rings is 1. The second-order valence-electron chi connectivity index (χ2n) is 7.17. The van der Waals surface area contributed by atoms with Gasteiger partial charge in [-0.3, -0.25) is 9.59 Å². The van der Waals surface area contributed by atoms with Gasteiger partial charge >= 0.3 is 12.0 Å². The van der Waals surface area contributed by atoms with Crippen molar-refractivity contribution in [2.45, 2.75) is 38.2 Å². The number of aromatic nitrogens is 2. The van der Waals surface area contributed by atoms with E-state index in [1.807, 2.05) is 42.6 Å². The quantitative estimate of drug-likeness (QED) is 0.442. The summed E-state index contributed by atoms with van der Waals surface area (Å²) in [4.78, 5) is 28.7. The predicted molar refractivity (Wildman–Crippen MR) is 115 cm³/mol. The van der Waals surface area contributed by atoms with E-state index in [4.69, 9.17) is 0 Å². The Morgan fingerprint density at radius 1 is 1.34 bits per heavy atom. The standard InChI is InChI=1S/C20H22BN3O4S/c25-19(9-10-24-16-7-3-4-8-17(16)29-20(24)26)23-18(21(27)28)11-13-12-22-15-6-2-1-5-14(13)15/h1-2,4-6,8,12,18,22,27-28H,3,7,9-11H2,(H,23,25). The van der Waals surface area contributed by atoms with Gasteiger partial charge in [-0.15, -0.1) is 0 Å². The number of para-hydroxylation sites is 1. The van der Waals surface area contributed by atoms with E-state index in [0.29, 0.717) is 0 Å². The number of amides is 1. The van der Waals surface area contributed by atoms with Gasteiger partial charge in [0, 0.05) is 35.8 Å². The zero-order valence-electron chi connectivity index (χ0n) is 15.8. The van der Waals surface area contributed by atoms with Crippen molar-refractivity contribution in [3.63, 3.8) is 0 Å². The molecule has 29 heavy (non-hydrogen) atoms. The Hall–Kier alpha value is -2.62. The zero-order chi connectivity index (χ0) is 20.4. The average Bonchev–Trinajstić information content (AvgIpc) is 3.26. The Bertz CT molecular complexity index is 1110. The monoisotopic (exact) mass is 411 g/mol. The van der Waals surface area contributed by atoms with Crippen LogP contribution in [0.25, 0.3) is 17.0 Å². The summed E-state index contributed by atoms with van der Waals surface area (Å²) in [5.41, 5.74) is 2.83. The summed E-state index contributed by atoms with van der Waals surface area (Å²) in [6.45, 7) is 0.283. The number of H-pyrrole nitrogens is 1. The fourth-order valence-electron chi connectivity index (χ4n) is 3.74. The van der Waals surface area contributed by atoms with E-state index in [0.717, 1.165) is 39.9 Å². The number of hydrogen-bond acceptors (Lipinski definition) is 5. The summed E-state index contributed by atoms with van der Waals surface area (Å²) in [6, 6.07) is 7.72. The van der Waals surface area contributed by atoms with E-state index in [1.54, 1.807) is 4.57 Å². The third kappa shape index (κ3) is 4.22. The molecular formula is C20H22BN3O4S. The van der Waals surface area contributed by atoms with Crippen LogP contribution in [0.5, 0.6) is 0 Å². The van der Waals surface area contributed by atoms with Crippen LogP contribution in [0.2, 0.25) is 0 Å². The third-order valence-corrected chi connectivity index (χ3v) is 6.22. The molecule has 0 saturated carbocycles. The Balaban J connectivity index is 1.41. The van der Waals surface area contributed by atoms with Crippen LogP contribution in [0, 0.1) is 0 Å². The number of aromatic amines is 1. The van der Waals surface area contributed by atoms with Gasteiger partial charge in [0.25, 0.3) is 0 Å². The lowest BCUT2D eigenvalue weighted by atomic mass is 9.76. The van der Waals surface area contributed by atoms with Crippen LogP contribution in [0.4, 0.5) is 0 Å². The lowest BCUT2D eigenvalue weighted by molar-refractivity contribution is -0.121. The van der Waals surface area contributed by atoms with Gasteiger partial charge < -0.3 is 24.9 Å². The van der Waals surface area contributed by atoms with E-state index >= 15 is 0 Å². The molecule has 1 atom stereocenters. The molecule has 1 aliphatic carbocycles. The molecule has 0 fully saturated rings. The molecule has 9 heteroatoms. The summed E-state index contributed by atoms with van der Waals surface area (Å²) in [6.07, 6.45) is 7.89. The first-order valence-electron chi connectivity index (χ1n) is 9.62. The molecule has 150 valence electrons. The lowest BCUT2D eigenvalue weighted by Crippen LogP contribution is -2.48. The van der Waals surface area contributed by atoms with E-state index in [2.05, 4.69) is 10.3 Å². The van der Waals surface area contributed by atoms with E-state index in [1.165, 1.54) is 11.3 Å². The van der Waals surface area contributed by atoms with Crippen molar-refractivity contribution < 1.29 is 14.8 Å². The van der Waals surface area contributed by atoms with Crippen molar-refractivity contribution in [3.8, 4) is 0 Å². The molecule has 0 aliphatic heterocycles. The Labute approximate surface area is 171 Å². The summed E-state index contributed by atoms with van der Waals surface area (Å²) in [7, 11) is -1.69. The van der Waals surface area contributed by atoms with Gasteiger partial charge in [-0.25, -0.2) is 0 Å². The Kier molecular flexibility index (Phi) is 5.71. The summed E-state index contributed by atoms with van der Waals surface area (Å²) >= 11 is 1.20. The van der Waals surface area contributed by atoms with Crippen molar-refractivity contribution in [1.82, 2.24) is 14.9 Å². The Morgan fingerprint density at radius 3 is 3.00 bits per heavy atom. The van der Waals surface area contributed by atoms with Crippen molar-refractivity contribution in [2.75, 3.05) is 0 Å². The largest absolute Gasteiger partial charge is 0.475 e. The van der Waals surface area contributed by atoms with Crippen LogP contribution in [0.3, 0.4) is 0 Å². The number of fused-ring (bicyclic) bond motifs is 2. The molecule has 4 N–H and O–H groups in total. The number of rotatable bonds is 7. The summed E-state index contributed by atoms with van der Waals surface area (Å²) in [5.74, 6) is -1.15. The van der Waals surface area contributed by atoms with Crippen LogP contribution in [0.15, 0.2) is 41.3 Å². The summed E-state index contributed by atoms with van der Waals surface area (Å²) < 4.78 is 1.66. The summed E-state index contributed by atoms with van der Waals surface area (Å²) in [5, 5.41) is 23.2. The minimum atomic E-state index is -1.69. The molecule has 0 saturated heterocycles. The molecule has 0 bridgehead atoms. The maximum Gasteiger partial charge on any atom is 0.475 e. The molecule has 2 heterocycles. The zero-order valence-corrected chi connectivity index (χ0v) is 16.6. The minimum absolute atomic E-state index is 0.0631. The highest BCUT2D eigenvalue weighted by molar-refractivity contribution is 7.10. The van der Waals surface area contributed by atoms with E-state index < -0.39 is 13.1 Å². The minimum Gasteiger partial charge on any atom is -0.426 e. The third-order valence-electron chi connectivity index (χ3n) is 5.23. The maximum atomic E-state index is 12.5. The fraction of sp³-hybridized carbons (Fsp3) is 0.300. The predicted octanol–water partition coefficient (Wildman–Crippen LogP) is 1.48. The first-order valence-corrected chi connectivity index (χ1v) is 10.4. The van der Waals surface area contributed by atoms with Gasteiger partial charge in [0.2, 0.25) is 5.91 Å². The van der Waals surface area contributed by atoms with Gasteiger partial charge in [0.1, 0.15) is 0 Å². The molecule has 0 radical (unpaired) electrons. The smallest absolute Gasteiger partial charge is 0.426 e. The molecule has 3 aromatic rings. The molecule has 7 nitrogen and oxygen atoms in total. The molecule has 1 unspecified atom stereocenters. The average molecular weight is 411 g/mol. The van der Waals surface area contributed by atoms with Crippen molar-refractivity contribution >= 4 is 41.3 Å². The molecule has 4 rings (SSSR count). The highest BCUT2D eigenvalue weighted by Crippen LogP contribution is 2.22. The van der Waals surface area contributed by atoms with Crippen molar-refractivity contribution in [3.05, 3.63) is 62.3 Å². The van der Waals surface area contributed by atoms with Crippen LogP contribution in [-0.2, 0) is 24.2 Å². The Morgan fingerprint density at radius 2 is 2.17 bits per heavy atom. The second kappa shape index (κ2) is 8.40. The molecule has 2 aromatic heterocycles. The van der Waals surface area contributed by atoms with Crippen molar-refractivity contribution in [1.29, 1.82) is 0 Å². The van der Waals surface area contributed by atoms with Gasteiger partial charge in [-0.1, -0.05) is 35.6 Å². The number of carbonyl (C=O) groups is 1. The van der Waals surface area contributed by atoms with Gasteiger partial charge in [-0.05, 0) is 37.0 Å². The van der Waals surface area contributed by atoms with Crippen LogP contribution < -0.4 is 10.2 Å². The number of hydrogen-bond donors (Lipinski definition) is 4. The van der Waals surface area contributed by atoms with Crippen molar-refractivity contribution in [2.24, 2.45) is 0 Å². The maximum absolute atomic E-state index is 12.5. The molecular weight excluding hydrogens is 389 g/mol. The highest BCUT2D eigenvalue weighted by atomic mass is 32.1. The first-order chi connectivity index (χ1) is 14.0. The number of allylic oxidation sites excluding steroid dienone is 1. The number of thiazole rings is 1.